The summed E-state index contributed by atoms with van der Waals surface area (Å²) >= 11 is 0. The van der Waals surface area contributed by atoms with Gasteiger partial charge in [-0.2, -0.15) is 0 Å². The molecule has 20 heavy (non-hydrogen) atoms. The Kier molecular flexibility index (Phi) is 3.62. The number of carboxylic acid groups (broad SMARTS) is 1. The molecule has 0 aromatic heterocycles. The van der Waals surface area contributed by atoms with Gasteiger partial charge in [0.15, 0.2) is 0 Å². The molecule has 0 spiro atoms. The molecular formula is C13H18N2O4S. The van der Waals surface area contributed by atoms with Crippen LogP contribution in [0.3, 0.4) is 0 Å². The number of rotatable bonds is 4. The van der Waals surface area contributed by atoms with E-state index in [1.54, 1.807) is 26.0 Å². The zero-order chi connectivity index (χ0) is 15.1. The minimum Gasteiger partial charge on any atom is -0.480 e. The van der Waals surface area contributed by atoms with Gasteiger partial charge in [0, 0.05) is 5.54 Å². The molecule has 1 aromatic rings. The highest BCUT2D eigenvalue weighted by molar-refractivity contribution is 7.89. The second-order valence-corrected chi connectivity index (χ2v) is 7.31. The number of nitrogens with one attached hydrogen (secondary N) is 2. The summed E-state index contributed by atoms with van der Waals surface area (Å²) < 4.78 is 27.0. The molecule has 3 N–H and O–H groups in total. The Bertz CT molecular complexity index is 622. The predicted molar refractivity (Wildman–Crippen MR) is 73.9 cm³/mol. The lowest BCUT2D eigenvalue weighted by molar-refractivity contribution is -0.145. The van der Waals surface area contributed by atoms with Gasteiger partial charge in [0.25, 0.3) is 0 Å². The molecule has 1 aliphatic heterocycles. The second-order valence-electron chi connectivity index (χ2n) is 5.59. The van der Waals surface area contributed by atoms with Gasteiger partial charge in [0.05, 0.1) is 10.9 Å². The number of sulfonamides is 1. The molecule has 2 rings (SSSR count). The highest BCUT2D eigenvalue weighted by Gasteiger charge is 2.52. The maximum absolute atomic E-state index is 12.3. The van der Waals surface area contributed by atoms with E-state index in [2.05, 4.69) is 10.0 Å². The monoisotopic (exact) mass is 298 g/mol. The molecule has 0 saturated carbocycles. The van der Waals surface area contributed by atoms with Gasteiger partial charge >= 0.3 is 5.97 Å². The SMILES string of the molecule is Cc1ccc(S(=O)(=O)N[C@@H]2[C@@H](C(=O)O)NC2(C)C)cc1. The Morgan fingerprint density at radius 2 is 1.85 bits per heavy atom. The normalized spacial score (nSPS) is 24.9. The van der Waals surface area contributed by atoms with Crippen LogP contribution in [0, 0.1) is 6.92 Å². The van der Waals surface area contributed by atoms with Crippen molar-refractivity contribution in [2.45, 2.75) is 43.3 Å². The Labute approximate surface area is 118 Å². The zero-order valence-electron chi connectivity index (χ0n) is 11.5. The van der Waals surface area contributed by atoms with Crippen LogP contribution < -0.4 is 10.0 Å². The van der Waals surface area contributed by atoms with Crippen LogP contribution >= 0.6 is 0 Å². The molecular weight excluding hydrogens is 280 g/mol. The Hall–Kier alpha value is -1.44. The zero-order valence-corrected chi connectivity index (χ0v) is 12.4. The molecule has 0 amide bonds. The Morgan fingerprint density at radius 1 is 1.30 bits per heavy atom. The van der Waals surface area contributed by atoms with Crippen molar-refractivity contribution in [2.24, 2.45) is 0 Å². The van der Waals surface area contributed by atoms with Crippen molar-refractivity contribution in [3.63, 3.8) is 0 Å². The highest BCUT2D eigenvalue weighted by Crippen LogP contribution is 2.26. The largest absolute Gasteiger partial charge is 0.480 e. The van der Waals surface area contributed by atoms with Crippen molar-refractivity contribution in [1.82, 2.24) is 10.0 Å². The summed E-state index contributed by atoms with van der Waals surface area (Å²) in [6.45, 7) is 5.38. The van der Waals surface area contributed by atoms with Crippen LogP contribution in [0.15, 0.2) is 29.2 Å². The summed E-state index contributed by atoms with van der Waals surface area (Å²) in [6, 6.07) is 4.82. The summed E-state index contributed by atoms with van der Waals surface area (Å²) in [7, 11) is -3.73. The predicted octanol–water partition coefficient (Wildman–Crippen LogP) is 0.477. The van der Waals surface area contributed by atoms with Gasteiger partial charge < -0.3 is 5.11 Å². The first-order valence-corrected chi connectivity index (χ1v) is 7.71. The molecule has 7 heteroatoms. The van der Waals surface area contributed by atoms with Crippen LogP contribution in [0.5, 0.6) is 0 Å². The third-order valence-electron chi connectivity index (χ3n) is 3.52. The Balaban J connectivity index is 2.23. The lowest BCUT2D eigenvalue weighted by Crippen LogP contribution is -2.79. The minimum atomic E-state index is -3.73. The molecule has 0 aliphatic carbocycles. The molecule has 110 valence electrons. The lowest BCUT2D eigenvalue weighted by atomic mass is 9.80. The highest BCUT2D eigenvalue weighted by atomic mass is 32.2. The maximum Gasteiger partial charge on any atom is 0.322 e. The molecule has 2 atom stereocenters. The smallest absolute Gasteiger partial charge is 0.322 e. The van der Waals surface area contributed by atoms with Gasteiger partial charge in [-0.25, -0.2) is 13.1 Å². The summed E-state index contributed by atoms with van der Waals surface area (Å²) in [5.74, 6) is -1.07. The number of hydrogen-bond donors (Lipinski definition) is 3. The number of aryl methyl sites for hydroxylation is 1. The molecule has 1 heterocycles. The summed E-state index contributed by atoms with van der Waals surface area (Å²) in [6.07, 6.45) is 0. The van der Waals surface area contributed by atoms with Gasteiger partial charge in [-0.1, -0.05) is 17.7 Å². The topological polar surface area (TPSA) is 95.5 Å². The Morgan fingerprint density at radius 3 is 2.30 bits per heavy atom. The average Bonchev–Trinajstić information content (AvgIpc) is 2.34. The third-order valence-corrected chi connectivity index (χ3v) is 4.97. The third kappa shape index (κ3) is 2.70. The fourth-order valence-electron chi connectivity index (χ4n) is 2.27. The molecule has 1 saturated heterocycles. The number of aliphatic carboxylic acids is 1. The van der Waals surface area contributed by atoms with Gasteiger partial charge in [-0.3, -0.25) is 10.1 Å². The molecule has 0 unspecified atom stereocenters. The van der Waals surface area contributed by atoms with Gasteiger partial charge in [-0.05, 0) is 32.9 Å². The van der Waals surface area contributed by atoms with E-state index < -0.39 is 33.6 Å². The van der Waals surface area contributed by atoms with Crippen molar-refractivity contribution in [3.05, 3.63) is 29.8 Å². The van der Waals surface area contributed by atoms with Gasteiger partial charge in [0.2, 0.25) is 10.0 Å². The van der Waals surface area contributed by atoms with Crippen LogP contribution in [0.1, 0.15) is 19.4 Å². The molecule has 1 aromatic carbocycles. The van der Waals surface area contributed by atoms with E-state index in [0.29, 0.717) is 0 Å². The number of hydrogen-bond acceptors (Lipinski definition) is 4. The van der Waals surface area contributed by atoms with Crippen molar-refractivity contribution >= 4 is 16.0 Å². The molecule has 1 fully saturated rings. The summed E-state index contributed by atoms with van der Waals surface area (Å²) in [5.41, 5.74) is 0.360. The van der Waals surface area contributed by atoms with Crippen molar-refractivity contribution in [1.29, 1.82) is 0 Å². The van der Waals surface area contributed by atoms with E-state index in [9.17, 15) is 13.2 Å². The second kappa shape index (κ2) is 4.83. The maximum atomic E-state index is 12.3. The van der Waals surface area contributed by atoms with Crippen LogP contribution in [0.4, 0.5) is 0 Å². The summed E-state index contributed by atoms with van der Waals surface area (Å²) in [5, 5.41) is 11.9. The van der Waals surface area contributed by atoms with Crippen molar-refractivity contribution in [2.75, 3.05) is 0 Å². The van der Waals surface area contributed by atoms with Gasteiger partial charge in [-0.15, -0.1) is 0 Å². The van der Waals surface area contributed by atoms with Gasteiger partial charge in [0.1, 0.15) is 6.04 Å². The summed E-state index contributed by atoms with van der Waals surface area (Å²) in [4.78, 5) is 11.2. The molecule has 0 radical (unpaired) electrons. The quantitative estimate of drug-likeness (QED) is 0.751. The van der Waals surface area contributed by atoms with Crippen LogP contribution in [-0.2, 0) is 14.8 Å². The average molecular weight is 298 g/mol. The molecule has 0 bridgehead atoms. The molecule has 1 aliphatic rings. The number of carbonyl (C=O) groups is 1. The number of benzene rings is 1. The first kappa shape index (κ1) is 15.0. The van der Waals surface area contributed by atoms with E-state index in [1.807, 2.05) is 6.92 Å². The van der Waals surface area contributed by atoms with Crippen LogP contribution in [0.25, 0.3) is 0 Å². The first-order chi connectivity index (χ1) is 9.13. The fourth-order valence-corrected chi connectivity index (χ4v) is 3.66. The van der Waals surface area contributed by atoms with E-state index >= 15 is 0 Å². The van der Waals surface area contributed by atoms with E-state index in [1.165, 1.54) is 12.1 Å². The first-order valence-electron chi connectivity index (χ1n) is 6.23. The number of carboxylic acids is 1. The lowest BCUT2D eigenvalue weighted by Gasteiger charge is -2.50. The minimum absolute atomic E-state index is 0.134. The van der Waals surface area contributed by atoms with Crippen molar-refractivity contribution < 1.29 is 18.3 Å². The van der Waals surface area contributed by atoms with Crippen LogP contribution in [-0.4, -0.2) is 37.1 Å². The van der Waals surface area contributed by atoms with Crippen LogP contribution in [0.2, 0.25) is 0 Å². The van der Waals surface area contributed by atoms with Crippen molar-refractivity contribution in [3.8, 4) is 0 Å². The standard InChI is InChI=1S/C13H18N2O4S/c1-8-4-6-9(7-5-8)20(18,19)15-11-10(12(16)17)14-13(11,2)3/h4-7,10-11,14-15H,1-3H3,(H,16,17)/t10-,11+/m0/s1. The fraction of sp³-hybridized carbons (Fsp3) is 0.462. The van der Waals surface area contributed by atoms with E-state index in [4.69, 9.17) is 5.11 Å². The molecule has 6 nitrogen and oxygen atoms in total. The van der Waals surface area contributed by atoms with E-state index in [-0.39, 0.29) is 4.90 Å². The van der Waals surface area contributed by atoms with E-state index in [0.717, 1.165) is 5.56 Å².